The fraction of sp³-hybridized carbons (Fsp3) is 0.867. The van der Waals surface area contributed by atoms with Gasteiger partial charge in [0, 0.05) is 45.6 Å². The van der Waals surface area contributed by atoms with Crippen LogP contribution in [-0.2, 0) is 14.3 Å². The van der Waals surface area contributed by atoms with Crippen LogP contribution in [0.5, 0.6) is 0 Å². The molecule has 2 aliphatic heterocycles. The molecule has 0 bridgehead atoms. The summed E-state index contributed by atoms with van der Waals surface area (Å²) in [7, 11) is 1.61. The average molecular weight is 296 g/mol. The highest BCUT2D eigenvalue weighted by Gasteiger charge is 2.45. The maximum absolute atomic E-state index is 12.6. The monoisotopic (exact) mass is 296 g/mol. The molecule has 4 atom stereocenters. The number of amides is 2. The van der Waals surface area contributed by atoms with Crippen LogP contribution in [0, 0.1) is 17.8 Å². The fourth-order valence-corrected chi connectivity index (χ4v) is 4.03. The van der Waals surface area contributed by atoms with Crippen LogP contribution in [0.2, 0.25) is 0 Å². The molecular weight excluding hydrogens is 272 g/mol. The summed E-state index contributed by atoms with van der Waals surface area (Å²) in [6.07, 6.45) is 1.94. The van der Waals surface area contributed by atoms with Gasteiger partial charge in [-0.2, -0.15) is 0 Å². The topological polar surface area (TPSA) is 70.1 Å². The summed E-state index contributed by atoms with van der Waals surface area (Å²) in [6, 6.07) is 0. The van der Waals surface area contributed by atoms with Crippen LogP contribution in [0.4, 0.5) is 0 Å². The Balaban J connectivity index is 1.56. The number of nitrogens with zero attached hydrogens (tertiary/aromatic N) is 2. The van der Waals surface area contributed by atoms with Crippen molar-refractivity contribution in [2.24, 2.45) is 17.8 Å². The van der Waals surface area contributed by atoms with E-state index in [0.717, 1.165) is 19.4 Å². The van der Waals surface area contributed by atoms with Gasteiger partial charge in [-0.3, -0.25) is 9.59 Å². The molecular formula is C15H24N2O4. The van der Waals surface area contributed by atoms with Gasteiger partial charge in [0.1, 0.15) is 0 Å². The maximum atomic E-state index is 12.6. The second-order valence-electron chi connectivity index (χ2n) is 6.55. The average Bonchev–Trinajstić information content (AvgIpc) is 3.13. The van der Waals surface area contributed by atoms with Crippen LogP contribution in [-0.4, -0.2) is 72.7 Å². The van der Waals surface area contributed by atoms with Crippen molar-refractivity contribution in [3.05, 3.63) is 0 Å². The zero-order chi connectivity index (χ0) is 15.0. The molecule has 1 N–H and O–H groups in total. The summed E-state index contributed by atoms with van der Waals surface area (Å²) in [5.74, 6) is 0.612. The molecule has 0 spiro atoms. The number of aliphatic hydroxyl groups excluding tert-OH is 1. The molecule has 4 unspecified atom stereocenters. The molecule has 0 aromatic rings. The standard InChI is InChI=1S/C15H24N2O4/c1-21-5-4-16-8-11(6-14(16)19)15(20)17-7-10-2-3-13(18)12(10)9-17/h10-13,18H,2-9H2,1H3. The molecule has 2 amide bonds. The molecule has 2 saturated heterocycles. The normalized spacial score (nSPS) is 35.6. The van der Waals surface area contributed by atoms with Crippen molar-refractivity contribution in [1.82, 2.24) is 9.80 Å². The van der Waals surface area contributed by atoms with Crippen molar-refractivity contribution in [3.8, 4) is 0 Å². The van der Waals surface area contributed by atoms with Crippen LogP contribution in [0.3, 0.4) is 0 Å². The van der Waals surface area contributed by atoms with Gasteiger partial charge in [0.2, 0.25) is 11.8 Å². The molecule has 3 fully saturated rings. The van der Waals surface area contributed by atoms with E-state index < -0.39 is 0 Å². The summed E-state index contributed by atoms with van der Waals surface area (Å²) in [6.45, 7) is 2.99. The van der Waals surface area contributed by atoms with Crippen LogP contribution in [0.25, 0.3) is 0 Å². The third-order valence-corrected chi connectivity index (χ3v) is 5.26. The first kappa shape index (κ1) is 14.8. The molecule has 0 radical (unpaired) electrons. The van der Waals surface area contributed by atoms with Gasteiger partial charge in [0.15, 0.2) is 0 Å². The van der Waals surface area contributed by atoms with Gasteiger partial charge in [-0.25, -0.2) is 0 Å². The molecule has 2 heterocycles. The second kappa shape index (κ2) is 5.93. The van der Waals surface area contributed by atoms with Gasteiger partial charge in [0.05, 0.1) is 18.6 Å². The summed E-state index contributed by atoms with van der Waals surface area (Å²) in [4.78, 5) is 28.1. The Hall–Kier alpha value is -1.14. The molecule has 3 rings (SSSR count). The Morgan fingerprint density at radius 2 is 2.14 bits per heavy atom. The molecule has 1 aliphatic carbocycles. The number of likely N-dealkylation sites (tertiary alicyclic amines) is 2. The quantitative estimate of drug-likeness (QED) is 0.774. The van der Waals surface area contributed by atoms with Crippen molar-refractivity contribution >= 4 is 11.8 Å². The largest absolute Gasteiger partial charge is 0.393 e. The summed E-state index contributed by atoms with van der Waals surface area (Å²) in [5, 5.41) is 9.93. The summed E-state index contributed by atoms with van der Waals surface area (Å²) < 4.78 is 4.99. The number of fused-ring (bicyclic) bond motifs is 1. The smallest absolute Gasteiger partial charge is 0.228 e. The lowest BCUT2D eigenvalue weighted by molar-refractivity contribution is -0.135. The van der Waals surface area contributed by atoms with E-state index in [9.17, 15) is 14.7 Å². The lowest BCUT2D eigenvalue weighted by Gasteiger charge is -2.22. The lowest BCUT2D eigenvalue weighted by Crippen LogP contribution is -2.37. The number of rotatable bonds is 4. The predicted octanol–water partition coefficient (Wildman–Crippen LogP) is -0.289. The van der Waals surface area contributed by atoms with E-state index in [-0.39, 0.29) is 29.8 Å². The zero-order valence-electron chi connectivity index (χ0n) is 12.5. The van der Waals surface area contributed by atoms with Crippen LogP contribution in [0.1, 0.15) is 19.3 Å². The van der Waals surface area contributed by atoms with Crippen molar-refractivity contribution in [3.63, 3.8) is 0 Å². The van der Waals surface area contributed by atoms with Crippen molar-refractivity contribution in [2.45, 2.75) is 25.4 Å². The molecule has 0 aromatic heterocycles. The maximum Gasteiger partial charge on any atom is 0.228 e. The number of hydrogen-bond donors (Lipinski definition) is 1. The van der Waals surface area contributed by atoms with Crippen molar-refractivity contribution in [2.75, 3.05) is 39.9 Å². The Kier molecular flexibility index (Phi) is 4.17. The molecule has 118 valence electrons. The van der Waals surface area contributed by atoms with E-state index in [1.54, 1.807) is 12.0 Å². The van der Waals surface area contributed by atoms with Gasteiger partial charge < -0.3 is 19.6 Å². The molecule has 21 heavy (non-hydrogen) atoms. The van der Waals surface area contributed by atoms with Crippen LogP contribution >= 0.6 is 0 Å². The van der Waals surface area contributed by atoms with Gasteiger partial charge in [-0.15, -0.1) is 0 Å². The Labute approximate surface area is 125 Å². The molecule has 6 nitrogen and oxygen atoms in total. The Morgan fingerprint density at radius 3 is 2.86 bits per heavy atom. The fourth-order valence-electron chi connectivity index (χ4n) is 4.03. The molecule has 0 aromatic carbocycles. The number of methoxy groups -OCH3 is 1. The number of carbonyl (C=O) groups excluding carboxylic acids is 2. The first-order valence-electron chi connectivity index (χ1n) is 7.83. The van der Waals surface area contributed by atoms with Gasteiger partial charge in [0.25, 0.3) is 0 Å². The number of carbonyl (C=O) groups is 2. The van der Waals surface area contributed by atoms with Crippen LogP contribution < -0.4 is 0 Å². The van der Waals surface area contributed by atoms with E-state index in [0.29, 0.717) is 38.6 Å². The number of hydrogen-bond acceptors (Lipinski definition) is 4. The third-order valence-electron chi connectivity index (χ3n) is 5.26. The van der Waals surface area contributed by atoms with E-state index >= 15 is 0 Å². The summed E-state index contributed by atoms with van der Waals surface area (Å²) in [5.41, 5.74) is 0. The van der Waals surface area contributed by atoms with E-state index in [1.807, 2.05) is 4.90 Å². The Morgan fingerprint density at radius 1 is 1.33 bits per heavy atom. The van der Waals surface area contributed by atoms with E-state index in [2.05, 4.69) is 0 Å². The van der Waals surface area contributed by atoms with Crippen molar-refractivity contribution < 1.29 is 19.4 Å². The molecule has 6 heteroatoms. The number of aliphatic hydroxyl groups is 1. The number of ether oxygens (including phenoxy) is 1. The SMILES string of the molecule is COCCN1CC(C(=O)N2CC3CCC(O)C3C2)CC1=O. The minimum absolute atomic E-state index is 0.0461. The third kappa shape index (κ3) is 2.79. The minimum Gasteiger partial charge on any atom is -0.393 e. The van der Waals surface area contributed by atoms with Gasteiger partial charge in [-0.1, -0.05) is 0 Å². The summed E-state index contributed by atoms with van der Waals surface area (Å²) >= 11 is 0. The predicted molar refractivity (Wildman–Crippen MR) is 75.4 cm³/mol. The minimum atomic E-state index is -0.254. The molecule has 1 saturated carbocycles. The highest BCUT2D eigenvalue weighted by molar-refractivity contribution is 5.89. The zero-order valence-corrected chi connectivity index (χ0v) is 12.5. The molecule has 3 aliphatic rings. The van der Waals surface area contributed by atoms with Crippen molar-refractivity contribution in [1.29, 1.82) is 0 Å². The van der Waals surface area contributed by atoms with E-state index in [4.69, 9.17) is 4.74 Å². The van der Waals surface area contributed by atoms with Gasteiger partial charge in [-0.05, 0) is 18.8 Å². The highest BCUT2D eigenvalue weighted by Crippen LogP contribution is 2.39. The first-order valence-corrected chi connectivity index (χ1v) is 7.83. The van der Waals surface area contributed by atoms with Gasteiger partial charge >= 0.3 is 0 Å². The highest BCUT2D eigenvalue weighted by atomic mass is 16.5. The van der Waals surface area contributed by atoms with E-state index in [1.165, 1.54) is 0 Å². The van der Waals surface area contributed by atoms with Crippen LogP contribution in [0.15, 0.2) is 0 Å². The Bertz CT molecular complexity index is 428. The second-order valence-corrected chi connectivity index (χ2v) is 6.55. The lowest BCUT2D eigenvalue weighted by atomic mass is 10.00. The first-order chi connectivity index (χ1) is 10.1.